The second-order valence-corrected chi connectivity index (χ2v) is 3.74. The molecule has 0 saturated heterocycles. The van der Waals surface area contributed by atoms with Crippen molar-refractivity contribution in [3.05, 3.63) is 11.3 Å². The molecule has 0 aliphatic carbocycles. The molecule has 2 N–H and O–H groups in total. The normalized spacial score (nSPS) is 12.5. The second kappa shape index (κ2) is 4.98. The first-order valence-corrected chi connectivity index (χ1v) is 4.99. The number of carboxylic acids is 1. The molecule has 1 rings (SSSR count). The van der Waals surface area contributed by atoms with Gasteiger partial charge in [0, 0.05) is 20.2 Å². The van der Waals surface area contributed by atoms with Crippen molar-refractivity contribution in [2.24, 2.45) is 7.05 Å². The number of carbonyl (C=O) groups is 1. The number of aromatic nitrogens is 2. The Kier molecular flexibility index (Phi) is 3.89. The number of hydrogen-bond donors (Lipinski definition) is 2. The molecule has 0 saturated carbocycles. The van der Waals surface area contributed by atoms with Crippen LogP contribution in [0.15, 0.2) is 0 Å². The van der Waals surface area contributed by atoms with Gasteiger partial charge in [-0.1, -0.05) is 0 Å². The number of rotatable bonds is 5. The molecule has 1 atom stereocenters. The van der Waals surface area contributed by atoms with Gasteiger partial charge in [0.05, 0.1) is 12.3 Å². The van der Waals surface area contributed by atoms with E-state index in [1.54, 1.807) is 21.1 Å². The number of carboxylic acid groups (broad SMARTS) is 1. The summed E-state index contributed by atoms with van der Waals surface area (Å²) in [5.41, 5.74) is 0.715. The van der Waals surface area contributed by atoms with Gasteiger partial charge in [0.1, 0.15) is 11.4 Å². The van der Waals surface area contributed by atoms with Crippen molar-refractivity contribution in [3.63, 3.8) is 0 Å². The van der Waals surface area contributed by atoms with Gasteiger partial charge in [0.2, 0.25) is 0 Å². The molecular formula is C10H17N3O3. The fourth-order valence-electron chi connectivity index (χ4n) is 1.60. The smallest absolute Gasteiger partial charge is 0.341 e. The van der Waals surface area contributed by atoms with Crippen LogP contribution in [0.5, 0.6) is 0 Å². The van der Waals surface area contributed by atoms with Crippen molar-refractivity contribution in [3.8, 4) is 0 Å². The molecular weight excluding hydrogens is 210 g/mol. The van der Waals surface area contributed by atoms with Crippen molar-refractivity contribution in [1.29, 1.82) is 0 Å². The topological polar surface area (TPSA) is 76.4 Å². The van der Waals surface area contributed by atoms with Crippen LogP contribution in [0.2, 0.25) is 0 Å². The molecule has 1 aromatic heterocycles. The highest BCUT2D eigenvalue weighted by Crippen LogP contribution is 2.19. The van der Waals surface area contributed by atoms with Crippen LogP contribution in [0.4, 0.5) is 5.82 Å². The third kappa shape index (κ3) is 2.52. The Morgan fingerprint density at radius 1 is 1.69 bits per heavy atom. The minimum absolute atomic E-state index is 0.0258. The lowest BCUT2D eigenvalue weighted by molar-refractivity contribution is 0.0697. The quantitative estimate of drug-likeness (QED) is 0.780. The van der Waals surface area contributed by atoms with Crippen LogP contribution in [0.1, 0.15) is 23.0 Å². The van der Waals surface area contributed by atoms with Crippen molar-refractivity contribution < 1.29 is 14.6 Å². The van der Waals surface area contributed by atoms with Crippen LogP contribution in [0.25, 0.3) is 0 Å². The Balaban J connectivity index is 2.98. The Hall–Kier alpha value is -1.56. The number of hydrogen-bond acceptors (Lipinski definition) is 4. The van der Waals surface area contributed by atoms with E-state index in [0.29, 0.717) is 18.1 Å². The lowest BCUT2D eigenvalue weighted by atomic mass is 10.2. The number of anilines is 1. The largest absolute Gasteiger partial charge is 0.477 e. The molecule has 0 spiro atoms. The molecule has 6 heteroatoms. The first kappa shape index (κ1) is 12.5. The first-order chi connectivity index (χ1) is 7.47. The van der Waals surface area contributed by atoms with Gasteiger partial charge < -0.3 is 15.2 Å². The van der Waals surface area contributed by atoms with Gasteiger partial charge in [-0.3, -0.25) is 4.68 Å². The number of methoxy groups -OCH3 is 1. The van der Waals surface area contributed by atoms with Crippen molar-refractivity contribution >= 4 is 11.8 Å². The van der Waals surface area contributed by atoms with E-state index >= 15 is 0 Å². The van der Waals surface area contributed by atoms with Crippen LogP contribution in [-0.4, -0.2) is 40.6 Å². The maximum Gasteiger partial charge on any atom is 0.341 e. The van der Waals surface area contributed by atoms with E-state index in [0.717, 1.165) is 0 Å². The second-order valence-electron chi connectivity index (χ2n) is 3.74. The fourth-order valence-corrected chi connectivity index (χ4v) is 1.60. The predicted molar refractivity (Wildman–Crippen MR) is 59.9 cm³/mol. The van der Waals surface area contributed by atoms with E-state index in [2.05, 4.69) is 10.4 Å². The number of ether oxygens (including phenoxy) is 1. The van der Waals surface area contributed by atoms with Crippen LogP contribution >= 0.6 is 0 Å². The van der Waals surface area contributed by atoms with Gasteiger partial charge in [0.25, 0.3) is 0 Å². The van der Waals surface area contributed by atoms with E-state index < -0.39 is 5.97 Å². The molecule has 0 aliphatic rings. The predicted octanol–water partition coefficient (Wildman–Crippen LogP) is 0.874. The minimum Gasteiger partial charge on any atom is -0.477 e. The molecule has 0 aliphatic heterocycles. The number of aryl methyl sites for hydroxylation is 2. The highest BCUT2D eigenvalue weighted by Gasteiger charge is 2.20. The molecule has 6 nitrogen and oxygen atoms in total. The average molecular weight is 227 g/mol. The van der Waals surface area contributed by atoms with Crippen LogP contribution in [0.3, 0.4) is 0 Å². The molecule has 90 valence electrons. The zero-order valence-electron chi connectivity index (χ0n) is 9.94. The summed E-state index contributed by atoms with van der Waals surface area (Å²) >= 11 is 0. The summed E-state index contributed by atoms with van der Waals surface area (Å²) in [7, 11) is 3.31. The molecule has 16 heavy (non-hydrogen) atoms. The maximum atomic E-state index is 11.1. The van der Waals surface area contributed by atoms with Crippen molar-refractivity contribution in [1.82, 2.24) is 9.78 Å². The van der Waals surface area contributed by atoms with Crippen LogP contribution in [0, 0.1) is 6.92 Å². The number of nitrogens with zero attached hydrogens (tertiary/aromatic N) is 2. The first-order valence-electron chi connectivity index (χ1n) is 4.99. The van der Waals surface area contributed by atoms with Gasteiger partial charge >= 0.3 is 5.97 Å². The zero-order chi connectivity index (χ0) is 12.3. The van der Waals surface area contributed by atoms with Gasteiger partial charge in [-0.15, -0.1) is 0 Å². The number of aromatic carboxylic acids is 1. The molecule has 0 bridgehead atoms. The maximum absolute atomic E-state index is 11.1. The Labute approximate surface area is 94.2 Å². The summed E-state index contributed by atoms with van der Waals surface area (Å²) in [4.78, 5) is 11.1. The highest BCUT2D eigenvalue weighted by molar-refractivity contribution is 5.94. The third-order valence-corrected chi connectivity index (χ3v) is 2.24. The van der Waals surface area contributed by atoms with E-state index in [4.69, 9.17) is 9.84 Å². The van der Waals surface area contributed by atoms with Crippen LogP contribution in [-0.2, 0) is 11.8 Å². The summed E-state index contributed by atoms with van der Waals surface area (Å²) in [5.74, 6) is -0.465. The lowest BCUT2D eigenvalue weighted by Crippen LogP contribution is -2.23. The SMILES string of the molecule is COCC(C)Nc1c(C(=O)O)c(C)nn1C. The Morgan fingerprint density at radius 3 is 2.81 bits per heavy atom. The zero-order valence-corrected chi connectivity index (χ0v) is 9.94. The Bertz CT molecular complexity index is 387. The third-order valence-electron chi connectivity index (χ3n) is 2.24. The van der Waals surface area contributed by atoms with Gasteiger partial charge in [-0.25, -0.2) is 4.79 Å². The van der Waals surface area contributed by atoms with E-state index in [1.807, 2.05) is 6.92 Å². The minimum atomic E-state index is -0.974. The molecule has 1 unspecified atom stereocenters. The Morgan fingerprint density at radius 2 is 2.31 bits per heavy atom. The van der Waals surface area contributed by atoms with Gasteiger partial charge in [-0.2, -0.15) is 5.10 Å². The van der Waals surface area contributed by atoms with Gasteiger partial charge in [-0.05, 0) is 13.8 Å². The van der Waals surface area contributed by atoms with Crippen molar-refractivity contribution in [2.75, 3.05) is 19.0 Å². The van der Waals surface area contributed by atoms with E-state index in [-0.39, 0.29) is 11.6 Å². The summed E-state index contributed by atoms with van der Waals surface area (Å²) in [6, 6.07) is 0.0258. The number of nitrogens with one attached hydrogen (secondary N) is 1. The fraction of sp³-hybridized carbons (Fsp3) is 0.600. The molecule has 1 aromatic rings. The molecule has 0 fully saturated rings. The van der Waals surface area contributed by atoms with Gasteiger partial charge in [0.15, 0.2) is 0 Å². The molecule has 0 aromatic carbocycles. The summed E-state index contributed by atoms with van der Waals surface area (Å²) < 4.78 is 6.52. The average Bonchev–Trinajstić information content (AvgIpc) is 2.41. The summed E-state index contributed by atoms with van der Waals surface area (Å²) in [5, 5.41) is 16.2. The monoisotopic (exact) mass is 227 g/mol. The van der Waals surface area contributed by atoms with E-state index in [1.165, 1.54) is 4.68 Å². The lowest BCUT2D eigenvalue weighted by Gasteiger charge is -2.14. The highest BCUT2D eigenvalue weighted by atomic mass is 16.5. The summed E-state index contributed by atoms with van der Waals surface area (Å²) in [6.45, 7) is 4.09. The van der Waals surface area contributed by atoms with Crippen LogP contribution < -0.4 is 5.32 Å². The molecule has 1 heterocycles. The molecule has 0 radical (unpaired) electrons. The molecule has 0 amide bonds. The van der Waals surface area contributed by atoms with Crippen molar-refractivity contribution in [2.45, 2.75) is 19.9 Å². The summed E-state index contributed by atoms with van der Waals surface area (Å²) in [6.07, 6.45) is 0. The van der Waals surface area contributed by atoms with E-state index in [9.17, 15) is 4.79 Å². The standard InChI is InChI=1S/C10H17N3O3/c1-6(5-16-4)11-9-8(10(14)15)7(2)12-13(9)3/h6,11H,5H2,1-4H3,(H,14,15).